The van der Waals surface area contributed by atoms with E-state index in [9.17, 15) is 55.2 Å². The minimum atomic E-state index is -2.33. The van der Waals surface area contributed by atoms with Crippen LogP contribution in [0.25, 0.3) is 0 Å². The average molecular weight is 1080 g/mol. The number of rotatable bonds is 51. The van der Waals surface area contributed by atoms with E-state index < -0.39 is 92.9 Å². The Morgan fingerprint density at radius 2 is 1.05 bits per heavy atom. The minimum Gasteiger partial charge on any atom is -0.463 e. The largest absolute Gasteiger partial charge is 0.463 e. The molecular formula is C48H89NO25. The van der Waals surface area contributed by atoms with Gasteiger partial charge in [0.05, 0.1) is 139 Å². The Kier molecular flexibility index (Phi) is 43.5. The van der Waals surface area contributed by atoms with Gasteiger partial charge >= 0.3 is 11.9 Å². The molecule has 0 aromatic carbocycles. The Balaban J connectivity index is 2.27. The predicted octanol–water partition coefficient (Wildman–Crippen LogP) is -2.69. The number of ether oxygens (including phenoxy) is 14. The van der Waals surface area contributed by atoms with Gasteiger partial charge < -0.3 is 112 Å². The first-order chi connectivity index (χ1) is 35.8. The van der Waals surface area contributed by atoms with Gasteiger partial charge in [-0.2, -0.15) is 0 Å². The van der Waals surface area contributed by atoms with Crippen molar-refractivity contribution in [3.8, 4) is 0 Å². The molecule has 0 spiro atoms. The van der Waals surface area contributed by atoms with Crippen LogP contribution in [0.15, 0.2) is 12.2 Å². The summed E-state index contributed by atoms with van der Waals surface area (Å²) in [5, 5.41) is 84.0. The van der Waals surface area contributed by atoms with Crippen LogP contribution >= 0.6 is 0 Å². The quantitative estimate of drug-likeness (QED) is 0.0170. The molecule has 0 aromatic heterocycles. The maximum Gasteiger partial charge on any atom is 0.333 e. The zero-order chi connectivity index (χ0) is 54.6. The van der Waals surface area contributed by atoms with E-state index in [4.69, 9.17) is 66.3 Å². The summed E-state index contributed by atoms with van der Waals surface area (Å²) in [7, 11) is 0. The second-order valence-electron chi connectivity index (χ2n) is 16.8. The molecular weight excluding hydrogens is 991 g/mol. The lowest BCUT2D eigenvalue weighted by molar-refractivity contribution is -0.326. The summed E-state index contributed by atoms with van der Waals surface area (Å²) in [6.45, 7) is 12.4. The van der Waals surface area contributed by atoms with Crippen LogP contribution in [0.2, 0.25) is 0 Å². The van der Waals surface area contributed by atoms with Crippen LogP contribution in [0.3, 0.4) is 0 Å². The number of amides is 1. The van der Waals surface area contributed by atoms with Gasteiger partial charge in [-0.1, -0.05) is 39.2 Å². The topological polar surface area (TPSA) is 354 Å². The molecule has 1 heterocycles. The molecule has 1 saturated heterocycles. The minimum absolute atomic E-state index is 0.184. The number of carbonyl (C=O) groups is 3. The Hall–Kier alpha value is -2.65. The molecule has 1 amide bonds. The van der Waals surface area contributed by atoms with E-state index in [1.54, 1.807) is 0 Å². The molecule has 0 aromatic rings. The molecule has 0 saturated carbocycles. The van der Waals surface area contributed by atoms with Gasteiger partial charge in [0.1, 0.15) is 55.4 Å². The lowest BCUT2D eigenvalue weighted by atomic mass is 9.98. The number of carbonyl (C=O) groups excluding carboxylic acids is 3. The lowest BCUT2D eigenvalue weighted by Gasteiger charge is -2.42. The van der Waals surface area contributed by atoms with Crippen molar-refractivity contribution in [1.82, 2.24) is 5.32 Å². The Morgan fingerprint density at radius 3 is 1.51 bits per heavy atom. The highest BCUT2D eigenvalue weighted by Gasteiger charge is 2.47. The van der Waals surface area contributed by atoms with E-state index in [0.29, 0.717) is 132 Å². The first kappa shape index (κ1) is 69.4. The maximum atomic E-state index is 13.1. The molecule has 26 nitrogen and oxygen atoms in total. The summed E-state index contributed by atoms with van der Waals surface area (Å²) in [6, 6.07) is 0. The second-order valence-corrected chi connectivity index (χ2v) is 16.8. The number of hydrogen-bond donors (Lipinski definition) is 9. The number of aliphatic hydroxyl groups is 8. The van der Waals surface area contributed by atoms with Gasteiger partial charge in [0.25, 0.3) is 5.91 Å². The maximum absolute atomic E-state index is 13.1. The molecule has 0 aliphatic carbocycles. The van der Waals surface area contributed by atoms with Crippen molar-refractivity contribution < 1.29 is 122 Å². The van der Waals surface area contributed by atoms with Crippen LogP contribution < -0.4 is 5.32 Å². The van der Waals surface area contributed by atoms with Gasteiger partial charge in [-0.25, -0.2) is 4.79 Å². The average Bonchev–Trinajstić information content (AvgIpc) is 3.39. The highest BCUT2D eigenvalue weighted by Crippen LogP contribution is 2.25. The number of nitrogens with one attached hydrogen (secondary N) is 1. The molecule has 26 heteroatoms. The molecule has 7 unspecified atom stereocenters. The highest BCUT2D eigenvalue weighted by atomic mass is 16.7. The van der Waals surface area contributed by atoms with E-state index in [1.807, 2.05) is 0 Å². The number of unbranched alkanes of at least 4 members (excludes halogenated alkanes) is 4. The fraction of sp³-hybridized carbons (Fsp3) is 0.896. The first-order valence-electron chi connectivity index (χ1n) is 25.5. The van der Waals surface area contributed by atoms with Crippen LogP contribution in [-0.2, 0) is 80.7 Å². The molecule has 1 aliphatic heterocycles. The van der Waals surface area contributed by atoms with Gasteiger partial charge in [-0.05, 0) is 19.3 Å². The van der Waals surface area contributed by atoms with Gasteiger partial charge in [0, 0.05) is 25.7 Å². The smallest absolute Gasteiger partial charge is 0.333 e. The second kappa shape index (κ2) is 46.4. The Morgan fingerprint density at radius 1 is 0.595 bits per heavy atom. The fourth-order valence-corrected chi connectivity index (χ4v) is 6.49. The van der Waals surface area contributed by atoms with Crippen LogP contribution in [-0.4, -0.2) is 278 Å². The molecule has 0 radical (unpaired) electrons. The summed E-state index contributed by atoms with van der Waals surface area (Å²) in [5.74, 6) is -2.25. The highest BCUT2D eigenvalue weighted by molar-refractivity contribution is 5.87. The van der Waals surface area contributed by atoms with Crippen molar-refractivity contribution in [1.29, 1.82) is 0 Å². The first-order valence-corrected chi connectivity index (χ1v) is 25.5. The zero-order valence-electron chi connectivity index (χ0n) is 43.4. The molecule has 0 bridgehead atoms. The predicted molar refractivity (Wildman–Crippen MR) is 259 cm³/mol. The van der Waals surface area contributed by atoms with Gasteiger partial charge in [0.15, 0.2) is 12.4 Å². The van der Waals surface area contributed by atoms with Crippen molar-refractivity contribution in [3.63, 3.8) is 0 Å². The molecule has 1 rings (SSSR count). The summed E-state index contributed by atoms with van der Waals surface area (Å²) < 4.78 is 75.8. The van der Waals surface area contributed by atoms with Crippen LogP contribution in [0.1, 0.15) is 58.8 Å². The normalized spacial score (nSPS) is 19.9. The third-order valence-electron chi connectivity index (χ3n) is 10.7. The van der Waals surface area contributed by atoms with Crippen molar-refractivity contribution in [2.24, 2.45) is 0 Å². The van der Waals surface area contributed by atoms with E-state index in [1.165, 1.54) is 6.92 Å². The number of aliphatic hydroxyl groups excluding tert-OH is 8. The van der Waals surface area contributed by atoms with Crippen LogP contribution in [0.4, 0.5) is 0 Å². The third kappa shape index (κ3) is 34.2. The van der Waals surface area contributed by atoms with Crippen molar-refractivity contribution in [2.75, 3.05) is 159 Å². The lowest BCUT2D eigenvalue weighted by Crippen LogP contribution is -2.62. The van der Waals surface area contributed by atoms with Gasteiger partial charge in [0.2, 0.25) is 0 Å². The summed E-state index contributed by atoms with van der Waals surface area (Å²) in [4.78, 5) is 36.7. The third-order valence-corrected chi connectivity index (χ3v) is 10.7. The monoisotopic (exact) mass is 1080 g/mol. The summed E-state index contributed by atoms with van der Waals surface area (Å²) >= 11 is 0. The fourth-order valence-electron chi connectivity index (χ4n) is 6.49. The molecule has 1 aliphatic rings. The van der Waals surface area contributed by atoms with Crippen molar-refractivity contribution in [2.45, 2.75) is 120 Å². The SMILES string of the molecule is C=C(CCCCCCC)C(=O)OC(CNC(=O)C(O)C(O)C(O[C@@H]1OC(CO)[C@H](O)[C@H](O)C1O)C(O)CO)COCCCOCCOCCOCCOCCOCCOCCOCCOCCOCCOC(C)=O. The van der Waals surface area contributed by atoms with Gasteiger partial charge in [-0.3, -0.25) is 9.59 Å². The molecule has 10 atom stereocenters. The standard InChI is InChI=1S/C48H89NO25/c1-4-5-6-7-8-10-35(2)47(60)72-37(31-49-46(59)43(57)42(56)45(38(53)32-50)74-48-44(58)41(55)40(54)39(33-51)73-48)34-70-12-9-11-61-13-14-62-15-16-63-17-18-64-19-20-65-21-22-66-23-24-67-25-26-68-27-28-69-29-30-71-36(3)52/h37-45,48,50-51,53-58H,2,4-34H2,1,3H3,(H,49,59)/t37?,38?,39?,40-,41-,42?,43?,44?,45?,48-/m0/s1. The number of esters is 2. The summed E-state index contributed by atoms with van der Waals surface area (Å²) in [5.41, 5.74) is 0.224. The molecule has 9 N–H and O–H groups in total. The van der Waals surface area contributed by atoms with Crippen LogP contribution in [0.5, 0.6) is 0 Å². The Labute approximate surface area is 434 Å². The van der Waals surface area contributed by atoms with E-state index in [-0.39, 0.29) is 31.4 Å². The van der Waals surface area contributed by atoms with Crippen molar-refractivity contribution in [3.05, 3.63) is 12.2 Å². The van der Waals surface area contributed by atoms with E-state index >= 15 is 0 Å². The van der Waals surface area contributed by atoms with Gasteiger partial charge in [-0.15, -0.1) is 0 Å². The van der Waals surface area contributed by atoms with Crippen molar-refractivity contribution >= 4 is 17.8 Å². The van der Waals surface area contributed by atoms with E-state index in [0.717, 1.165) is 32.1 Å². The molecule has 1 fully saturated rings. The number of hydrogen-bond acceptors (Lipinski definition) is 25. The van der Waals surface area contributed by atoms with Crippen LogP contribution in [0, 0.1) is 0 Å². The van der Waals surface area contributed by atoms with E-state index in [2.05, 4.69) is 18.8 Å². The Bertz CT molecular complexity index is 1390. The zero-order valence-corrected chi connectivity index (χ0v) is 43.4. The molecule has 436 valence electrons. The molecule has 74 heavy (non-hydrogen) atoms. The summed E-state index contributed by atoms with van der Waals surface area (Å²) in [6.07, 6.45) is -12.9.